The first-order valence-corrected chi connectivity index (χ1v) is 7.57. The van der Waals surface area contributed by atoms with Crippen LogP contribution in [0.3, 0.4) is 0 Å². The van der Waals surface area contributed by atoms with Crippen LogP contribution >= 0.6 is 0 Å². The van der Waals surface area contributed by atoms with Crippen LogP contribution in [0.25, 0.3) is 0 Å². The minimum absolute atomic E-state index is 0.561. The van der Waals surface area contributed by atoms with Crippen molar-refractivity contribution in [1.82, 2.24) is 15.2 Å². The van der Waals surface area contributed by atoms with Crippen molar-refractivity contribution in [3.05, 3.63) is 23.9 Å². The molecule has 1 aliphatic rings. The van der Waals surface area contributed by atoms with Gasteiger partial charge in [0, 0.05) is 31.2 Å². The second kappa shape index (κ2) is 7.04. The van der Waals surface area contributed by atoms with Gasteiger partial charge in [0.25, 0.3) is 0 Å². The lowest BCUT2D eigenvalue weighted by Crippen LogP contribution is -2.42. The molecule has 0 saturated carbocycles. The molecule has 1 saturated heterocycles. The Hall–Kier alpha value is -1.13. The van der Waals surface area contributed by atoms with Crippen LogP contribution in [0.2, 0.25) is 0 Å². The molecular weight excluding hydrogens is 250 g/mol. The molecule has 112 valence electrons. The van der Waals surface area contributed by atoms with Gasteiger partial charge in [-0.25, -0.2) is 4.98 Å². The van der Waals surface area contributed by atoms with Crippen molar-refractivity contribution in [3.8, 4) is 5.88 Å². The number of methoxy groups -OCH3 is 1. The Morgan fingerprint density at radius 1 is 1.45 bits per heavy atom. The summed E-state index contributed by atoms with van der Waals surface area (Å²) in [5.74, 6) is 1.35. The number of nitrogens with zero attached hydrogens (tertiary/aromatic N) is 2. The van der Waals surface area contributed by atoms with Crippen LogP contribution in [0.4, 0.5) is 0 Å². The fourth-order valence-corrected chi connectivity index (χ4v) is 2.69. The molecule has 0 aromatic carbocycles. The van der Waals surface area contributed by atoms with E-state index < -0.39 is 0 Å². The Balaban J connectivity index is 2.07. The van der Waals surface area contributed by atoms with E-state index in [1.807, 2.05) is 12.1 Å². The van der Waals surface area contributed by atoms with Crippen molar-refractivity contribution in [2.24, 2.45) is 5.92 Å². The summed E-state index contributed by atoms with van der Waals surface area (Å²) in [6, 6.07) is 7.14. The molecule has 1 fully saturated rings. The topological polar surface area (TPSA) is 37.4 Å². The Morgan fingerprint density at radius 2 is 2.25 bits per heavy atom. The van der Waals surface area contributed by atoms with Crippen molar-refractivity contribution in [2.75, 3.05) is 20.2 Å². The van der Waals surface area contributed by atoms with Gasteiger partial charge >= 0.3 is 0 Å². The van der Waals surface area contributed by atoms with Gasteiger partial charge in [0.1, 0.15) is 0 Å². The van der Waals surface area contributed by atoms with Gasteiger partial charge in [-0.1, -0.05) is 19.9 Å². The van der Waals surface area contributed by atoms with E-state index in [2.05, 4.69) is 42.0 Å². The molecule has 1 N–H and O–H groups in total. The zero-order valence-electron chi connectivity index (χ0n) is 13.1. The lowest BCUT2D eigenvalue weighted by Gasteiger charge is -2.30. The molecule has 4 heteroatoms. The monoisotopic (exact) mass is 277 g/mol. The van der Waals surface area contributed by atoms with Gasteiger partial charge in [-0.2, -0.15) is 0 Å². The fourth-order valence-electron chi connectivity index (χ4n) is 2.69. The minimum Gasteiger partial charge on any atom is -0.481 e. The molecular formula is C16H27N3O. The molecule has 1 aliphatic heterocycles. The molecule has 2 atom stereocenters. The maximum Gasteiger partial charge on any atom is 0.213 e. The Kier molecular flexibility index (Phi) is 5.38. The number of hydrogen-bond donors (Lipinski definition) is 1. The lowest BCUT2D eigenvalue weighted by molar-refractivity contribution is 0.181. The van der Waals surface area contributed by atoms with Gasteiger partial charge in [-0.05, 0) is 31.9 Å². The average Bonchev–Trinajstić information content (AvgIpc) is 2.62. The van der Waals surface area contributed by atoms with Crippen LogP contribution < -0.4 is 10.1 Å². The summed E-state index contributed by atoms with van der Waals surface area (Å²) in [7, 11) is 1.67. The molecule has 2 unspecified atom stereocenters. The normalized spacial score (nSPS) is 24.6. The average molecular weight is 277 g/mol. The Morgan fingerprint density at radius 3 is 2.95 bits per heavy atom. The second-order valence-electron chi connectivity index (χ2n) is 6.04. The summed E-state index contributed by atoms with van der Waals surface area (Å²) in [5, 5.41) is 3.66. The van der Waals surface area contributed by atoms with E-state index in [4.69, 9.17) is 4.74 Å². The van der Waals surface area contributed by atoms with Crippen LogP contribution in [0.1, 0.15) is 32.9 Å². The minimum atomic E-state index is 0.561. The van der Waals surface area contributed by atoms with Crippen LogP contribution in [0.5, 0.6) is 5.88 Å². The van der Waals surface area contributed by atoms with Gasteiger partial charge < -0.3 is 10.1 Å². The molecule has 1 aromatic rings. The second-order valence-corrected chi connectivity index (χ2v) is 6.04. The number of ether oxygens (including phenoxy) is 1. The zero-order valence-corrected chi connectivity index (χ0v) is 13.1. The quantitative estimate of drug-likeness (QED) is 0.916. The predicted molar refractivity (Wildman–Crippen MR) is 81.9 cm³/mol. The third-order valence-corrected chi connectivity index (χ3v) is 4.18. The number of aromatic nitrogens is 1. The molecule has 0 radical (unpaired) electrons. The summed E-state index contributed by atoms with van der Waals surface area (Å²) in [5.41, 5.74) is 1.08. The Labute approximate surface area is 122 Å². The van der Waals surface area contributed by atoms with Crippen LogP contribution in [-0.2, 0) is 6.54 Å². The highest BCUT2D eigenvalue weighted by Crippen LogP contribution is 2.17. The third-order valence-electron chi connectivity index (χ3n) is 4.18. The van der Waals surface area contributed by atoms with Crippen LogP contribution in [0, 0.1) is 5.92 Å². The van der Waals surface area contributed by atoms with E-state index in [1.54, 1.807) is 7.11 Å². The number of nitrogens with one attached hydrogen (secondary N) is 1. The van der Waals surface area contributed by atoms with Gasteiger partial charge in [0.05, 0.1) is 12.8 Å². The highest BCUT2D eigenvalue weighted by molar-refractivity contribution is 5.15. The van der Waals surface area contributed by atoms with Crippen molar-refractivity contribution >= 4 is 0 Å². The van der Waals surface area contributed by atoms with Gasteiger partial charge in [-0.3, -0.25) is 4.90 Å². The summed E-state index contributed by atoms with van der Waals surface area (Å²) in [4.78, 5) is 7.07. The Bertz CT molecular complexity index is 422. The standard InChI is InChI=1S/C16H27N3O/c1-12(2)15-11-19(13(3)8-9-17-15)10-14-6-5-7-16(18-14)20-4/h5-7,12-13,15,17H,8-11H2,1-4H3. The van der Waals surface area contributed by atoms with Gasteiger partial charge in [0.2, 0.25) is 5.88 Å². The maximum absolute atomic E-state index is 5.21. The summed E-state index contributed by atoms with van der Waals surface area (Å²) in [6.07, 6.45) is 1.19. The van der Waals surface area contributed by atoms with E-state index >= 15 is 0 Å². The maximum atomic E-state index is 5.21. The van der Waals surface area contributed by atoms with Crippen molar-refractivity contribution in [2.45, 2.75) is 45.8 Å². The largest absolute Gasteiger partial charge is 0.481 e. The molecule has 0 amide bonds. The van der Waals surface area contributed by atoms with Crippen molar-refractivity contribution < 1.29 is 4.74 Å². The molecule has 0 bridgehead atoms. The summed E-state index contributed by atoms with van der Waals surface area (Å²) >= 11 is 0. The summed E-state index contributed by atoms with van der Waals surface area (Å²) < 4.78 is 5.21. The SMILES string of the molecule is COc1cccc(CN2CC(C(C)C)NCCC2C)n1. The van der Waals surface area contributed by atoms with Gasteiger partial charge in [0.15, 0.2) is 0 Å². The third kappa shape index (κ3) is 3.93. The molecule has 0 spiro atoms. The molecule has 4 nitrogen and oxygen atoms in total. The van der Waals surface area contributed by atoms with Crippen molar-refractivity contribution in [1.29, 1.82) is 0 Å². The molecule has 20 heavy (non-hydrogen) atoms. The molecule has 2 heterocycles. The van der Waals surface area contributed by atoms with Crippen LogP contribution in [-0.4, -0.2) is 42.2 Å². The molecule has 0 aliphatic carbocycles. The lowest BCUT2D eigenvalue weighted by atomic mass is 10.0. The highest BCUT2D eigenvalue weighted by atomic mass is 16.5. The molecule has 1 aromatic heterocycles. The highest BCUT2D eigenvalue weighted by Gasteiger charge is 2.24. The van der Waals surface area contributed by atoms with E-state index in [9.17, 15) is 0 Å². The number of hydrogen-bond acceptors (Lipinski definition) is 4. The zero-order chi connectivity index (χ0) is 14.5. The first kappa shape index (κ1) is 15.3. The first-order valence-electron chi connectivity index (χ1n) is 7.57. The van der Waals surface area contributed by atoms with Crippen LogP contribution in [0.15, 0.2) is 18.2 Å². The molecule has 2 rings (SSSR count). The fraction of sp³-hybridized carbons (Fsp3) is 0.688. The van der Waals surface area contributed by atoms with Crippen molar-refractivity contribution in [3.63, 3.8) is 0 Å². The van der Waals surface area contributed by atoms with E-state index in [0.29, 0.717) is 23.9 Å². The predicted octanol–water partition coefficient (Wildman–Crippen LogP) is 2.30. The van der Waals surface area contributed by atoms with Gasteiger partial charge in [-0.15, -0.1) is 0 Å². The first-order chi connectivity index (χ1) is 9.60. The van der Waals surface area contributed by atoms with E-state index in [1.165, 1.54) is 6.42 Å². The smallest absolute Gasteiger partial charge is 0.213 e. The number of pyridine rings is 1. The summed E-state index contributed by atoms with van der Waals surface area (Å²) in [6.45, 7) is 9.96. The van der Waals surface area contributed by atoms with E-state index in [-0.39, 0.29) is 0 Å². The van der Waals surface area contributed by atoms with E-state index in [0.717, 1.165) is 25.3 Å². The number of rotatable bonds is 4.